The topological polar surface area (TPSA) is 15.3 Å². The highest BCUT2D eigenvalue weighted by Gasteiger charge is 2.33. The van der Waals surface area contributed by atoms with Crippen molar-refractivity contribution in [1.29, 1.82) is 0 Å². The van der Waals surface area contributed by atoms with Crippen molar-refractivity contribution in [2.24, 2.45) is 0 Å². The number of benzene rings is 3. The van der Waals surface area contributed by atoms with E-state index in [1.165, 1.54) is 17.7 Å². The molecular formula is C26H29F3N2. The first-order valence-electron chi connectivity index (χ1n) is 10.8. The molecule has 31 heavy (non-hydrogen) atoms. The van der Waals surface area contributed by atoms with Gasteiger partial charge in [0.25, 0.3) is 0 Å². The summed E-state index contributed by atoms with van der Waals surface area (Å²) in [7, 11) is 0. The maximum absolute atomic E-state index is 13.3. The molecule has 0 amide bonds. The van der Waals surface area contributed by atoms with Crippen LogP contribution in [0.2, 0.25) is 0 Å². The van der Waals surface area contributed by atoms with Crippen LogP contribution < -0.4 is 5.32 Å². The second kappa shape index (κ2) is 10.6. The molecule has 0 aliphatic carbocycles. The third-order valence-electron chi connectivity index (χ3n) is 5.37. The zero-order valence-corrected chi connectivity index (χ0v) is 18.0. The van der Waals surface area contributed by atoms with E-state index in [-0.39, 0.29) is 5.56 Å². The third kappa shape index (κ3) is 5.96. The molecule has 1 N–H and O–H groups in total. The van der Waals surface area contributed by atoms with Crippen molar-refractivity contribution >= 4 is 0 Å². The van der Waals surface area contributed by atoms with Gasteiger partial charge in [-0.05, 0) is 28.3 Å². The lowest BCUT2D eigenvalue weighted by Crippen LogP contribution is -2.45. The first-order chi connectivity index (χ1) is 15.0. The number of piperazine rings is 1. The predicted molar refractivity (Wildman–Crippen MR) is 121 cm³/mol. The van der Waals surface area contributed by atoms with Gasteiger partial charge < -0.3 is 5.32 Å². The second-order valence-electron chi connectivity index (χ2n) is 7.39. The van der Waals surface area contributed by atoms with Gasteiger partial charge in [-0.1, -0.05) is 86.6 Å². The molecule has 3 aromatic carbocycles. The zero-order chi connectivity index (χ0) is 22.3. The minimum Gasteiger partial charge on any atom is -0.308 e. The van der Waals surface area contributed by atoms with Gasteiger partial charge in [0, 0.05) is 32.2 Å². The molecule has 0 saturated carbocycles. The molecular weight excluding hydrogens is 397 g/mol. The van der Waals surface area contributed by atoms with E-state index in [1.807, 2.05) is 44.2 Å². The smallest absolute Gasteiger partial charge is 0.308 e. The quantitative estimate of drug-likeness (QED) is 0.509. The lowest BCUT2D eigenvalue weighted by molar-refractivity contribution is -0.137. The Balaban J connectivity index is 0.00000132. The molecule has 2 nitrogen and oxygen atoms in total. The van der Waals surface area contributed by atoms with Gasteiger partial charge in [-0.2, -0.15) is 13.2 Å². The van der Waals surface area contributed by atoms with Gasteiger partial charge in [-0.15, -0.1) is 0 Å². The molecule has 1 aliphatic rings. The number of rotatable bonds is 4. The summed E-state index contributed by atoms with van der Waals surface area (Å²) in [6.45, 7) is 7.55. The lowest BCUT2D eigenvalue weighted by atomic mass is 9.98. The summed E-state index contributed by atoms with van der Waals surface area (Å²) in [5, 5.41) is 3.55. The Bertz CT molecular complexity index is 937. The summed E-state index contributed by atoms with van der Waals surface area (Å²) in [6, 6.07) is 23.8. The van der Waals surface area contributed by atoms with E-state index in [4.69, 9.17) is 0 Å². The monoisotopic (exact) mass is 426 g/mol. The Morgan fingerprint density at radius 2 is 1.52 bits per heavy atom. The summed E-state index contributed by atoms with van der Waals surface area (Å²) in [5.41, 5.74) is 2.59. The van der Waals surface area contributed by atoms with E-state index in [2.05, 4.69) is 22.3 Å². The SMILES string of the molecule is CC.FC(F)(F)c1ccccc1-c1ccc(CN2CCNC(c3ccccc3)C2)cc1. The number of hydrogen-bond donors (Lipinski definition) is 1. The molecule has 1 atom stereocenters. The van der Waals surface area contributed by atoms with Crippen LogP contribution in [0.25, 0.3) is 11.1 Å². The Labute approximate surface area is 182 Å². The average molecular weight is 427 g/mol. The van der Waals surface area contributed by atoms with Crippen LogP contribution in [0.4, 0.5) is 13.2 Å². The molecule has 1 unspecified atom stereocenters. The zero-order valence-electron chi connectivity index (χ0n) is 18.0. The van der Waals surface area contributed by atoms with Gasteiger partial charge in [0.15, 0.2) is 0 Å². The van der Waals surface area contributed by atoms with E-state index in [1.54, 1.807) is 18.2 Å². The number of nitrogens with one attached hydrogen (secondary N) is 1. The summed E-state index contributed by atoms with van der Waals surface area (Å²) in [4.78, 5) is 2.38. The predicted octanol–water partition coefficient (Wildman–Crippen LogP) is 6.55. The Hall–Kier alpha value is -2.63. The molecule has 5 heteroatoms. The Kier molecular flexibility index (Phi) is 7.88. The summed E-state index contributed by atoms with van der Waals surface area (Å²) in [5.74, 6) is 0. The second-order valence-corrected chi connectivity index (χ2v) is 7.39. The first-order valence-corrected chi connectivity index (χ1v) is 10.8. The highest BCUT2D eigenvalue weighted by Crippen LogP contribution is 2.37. The normalized spacial score (nSPS) is 17.0. The molecule has 4 rings (SSSR count). The number of hydrogen-bond acceptors (Lipinski definition) is 2. The van der Waals surface area contributed by atoms with Crippen LogP contribution >= 0.6 is 0 Å². The molecule has 1 aliphatic heterocycles. The minimum atomic E-state index is -4.36. The molecule has 1 saturated heterocycles. The fourth-order valence-electron chi connectivity index (χ4n) is 3.89. The van der Waals surface area contributed by atoms with Gasteiger partial charge in [0.05, 0.1) is 5.56 Å². The van der Waals surface area contributed by atoms with Gasteiger partial charge in [0.1, 0.15) is 0 Å². The summed E-state index contributed by atoms with van der Waals surface area (Å²) >= 11 is 0. The lowest BCUT2D eigenvalue weighted by Gasteiger charge is -2.34. The molecule has 164 valence electrons. The highest BCUT2D eigenvalue weighted by molar-refractivity contribution is 5.68. The average Bonchev–Trinajstić information content (AvgIpc) is 2.81. The van der Waals surface area contributed by atoms with Crippen molar-refractivity contribution in [3.63, 3.8) is 0 Å². The van der Waals surface area contributed by atoms with Gasteiger partial charge in [0.2, 0.25) is 0 Å². The standard InChI is InChI=1S/C24H23F3N2.C2H6/c25-24(26,27)22-9-5-4-8-21(22)19-12-10-18(11-13-19)16-29-15-14-28-23(17-29)20-6-2-1-3-7-20;1-2/h1-13,23,28H,14-17H2;1-2H3. The molecule has 0 radical (unpaired) electrons. The Morgan fingerprint density at radius 1 is 0.871 bits per heavy atom. The van der Waals surface area contributed by atoms with Crippen molar-refractivity contribution in [2.45, 2.75) is 32.6 Å². The van der Waals surface area contributed by atoms with Crippen LogP contribution in [0.5, 0.6) is 0 Å². The molecule has 0 spiro atoms. The van der Waals surface area contributed by atoms with E-state index >= 15 is 0 Å². The fourth-order valence-corrected chi connectivity index (χ4v) is 3.89. The van der Waals surface area contributed by atoms with Crippen LogP contribution in [0, 0.1) is 0 Å². The van der Waals surface area contributed by atoms with Gasteiger partial charge >= 0.3 is 6.18 Å². The van der Waals surface area contributed by atoms with Crippen molar-refractivity contribution in [1.82, 2.24) is 10.2 Å². The van der Waals surface area contributed by atoms with Crippen molar-refractivity contribution in [2.75, 3.05) is 19.6 Å². The van der Waals surface area contributed by atoms with E-state index in [9.17, 15) is 13.2 Å². The van der Waals surface area contributed by atoms with E-state index in [0.29, 0.717) is 11.6 Å². The van der Waals surface area contributed by atoms with E-state index in [0.717, 1.165) is 37.8 Å². The highest BCUT2D eigenvalue weighted by atomic mass is 19.4. The van der Waals surface area contributed by atoms with Gasteiger partial charge in [-0.3, -0.25) is 4.90 Å². The summed E-state index contributed by atoms with van der Waals surface area (Å²) < 4.78 is 39.9. The van der Waals surface area contributed by atoms with Gasteiger partial charge in [-0.25, -0.2) is 0 Å². The fraction of sp³-hybridized carbons (Fsp3) is 0.308. The number of alkyl halides is 3. The molecule has 0 bridgehead atoms. The Morgan fingerprint density at radius 3 is 2.19 bits per heavy atom. The van der Waals surface area contributed by atoms with Crippen LogP contribution in [0.3, 0.4) is 0 Å². The minimum absolute atomic E-state index is 0.220. The first kappa shape index (κ1) is 23.0. The van der Waals surface area contributed by atoms with E-state index < -0.39 is 11.7 Å². The van der Waals surface area contributed by atoms with Crippen molar-refractivity contribution < 1.29 is 13.2 Å². The maximum atomic E-state index is 13.3. The van der Waals surface area contributed by atoms with Crippen molar-refractivity contribution in [3.05, 3.63) is 95.6 Å². The molecule has 1 heterocycles. The number of halogens is 3. The van der Waals surface area contributed by atoms with Crippen LogP contribution in [0.15, 0.2) is 78.9 Å². The molecule has 1 fully saturated rings. The third-order valence-corrected chi connectivity index (χ3v) is 5.37. The maximum Gasteiger partial charge on any atom is 0.417 e. The summed E-state index contributed by atoms with van der Waals surface area (Å²) in [6.07, 6.45) is -4.36. The largest absolute Gasteiger partial charge is 0.417 e. The molecule has 3 aromatic rings. The van der Waals surface area contributed by atoms with Crippen LogP contribution in [-0.2, 0) is 12.7 Å². The molecule has 0 aromatic heterocycles. The van der Waals surface area contributed by atoms with Crippen LogP contribution in [-0.4, -0.2) is 24.5 Å². The van der Waals surface area contributed by atoms with Crippen molar-refractivity contribution in [3.8, 4) is 11.1 Å². The van der Waals surface area contributed by atoms with Crippen LogP contribution in [0.1, 0.15) is 36.6 Å². The number of nitrogens with zero attached hydrogens (tertiary/aromatic N) is 1.